The molecule has 0 aliphatic heterocycles. The highest BCUT2D eigenvalue weighted by molar-refractivity contribution is 7.92. The summed E-state index contributed by atoms with van der Waals surface area (Å²) in [6.45, 7) is 0. The third-order valence-corrected chi connectivity index (χ3v) is 4.75. The van der Waals surface area contributed by atoms with Crippen LogP contribution in [0.5, 0.6) is 0 Å². The number of nitrogens with two attached hydrogens (primary N) is 1. The molecule has 0 aliphatic carbocycles. The van der Waals surface area contributed by atoms with E-state index in [1.165, 1.54) is 36.4 Å². The van der Waals surface area contributed by atoms with Gasteiger partial charge in [0.2, 0.25) is 0 Å². The van der Waals surface area contributed by atoms with E-state index in [-0.39, 0.29) is 20.6 Å². The van der Waals surface area contributed by atoms with Crippen LogP contribution in [0.1, 0.15) is 0 Å². The third kappa shape index (κ3) is 3.72. The summed E-state index contributed by atoms with van der Waals surface area (Å²) in [6, 6.07) is 8.65. The predicted molar refractivity (Wildman–Crippen MR) is 86.5 cm³/mol. The van der Waals surface area contributed by atoms with Crippen molar-refractivity contribution in [2.75, 3.05) is 10.1 Å². The minimum atomic E-state index is -3.83. The Kier molecular flexibility index (Phi) is 4.85. The SMILES string of the molecule is NNc1ccc(S(=O)(=O)Nc2c(Cl)cc(Cl)cc2Cl)cc1. The molecular weight excluding hydrogens is 357 g/mol. The van der Waals surface area contributed by atoms with Gasteiger partial charge >= 0.3 is 0 Å². The lowest BCUT2D eigenvalue weighted by Gasteiger charge is -2.12. The Morgan fingerprint density at radius 1 is 0.952 bits per heavy atom. The Bertz CT molecular complexity index is 741. The minimum Gasteiger partial charge on any atom is -0.324 e. The van der Waals surface area contributed by atoms with Crippen LogP contribution >= 0.6 is 34.8 Å². The van der Waals surface area contributed by atoms with E-state index in [0.717, 1.165) is 0 Å². The quantitative estimate of drug-likeness (QED) is 0.568. The van der Waals surface area contributed by atoms with Crippen LogP contribution in [0.15, 0.2) is 41.3 Å². The van der Waals surface area contributed by atoms with Crippen molar-refractivity contribution in [3.8, 4) is 0 Å². The van der Waals surface area contributed by atoms with Crippen molar-refractivity contribution in [1.29, 1.82) is 0 Å². The van der Waals surface area contributed by atoms with E-state index in [2.05, 4.69) is 10.1 Å². The van der Waals surface area contributed by atoms with E-state index >= 15 is 0 Å². The largest absolute Gasteiger partial charge is 0.324 e. The summed E-state index contributed by atoms with van der Waals surface area (Å²) in [7, 11) is -3.83. The van der Waals surface area contributed by atoms with E-state index in [4.69, 9.17) is 40.6 Å². The molecule has 0 atom stereocenters. The molecule has 9 heteroatoms. The number of hydrogen-bond donors (Lipinski definition) is 3. The molecule has 2 aromatic carbocycles. The summed E-state index contributed by atoms with van der Waals surface area (Å²) in [4.78, 5) is 0.0450. The van der Waals surface area contributed by atoms with Crippen molar-refractivity contribution >= 4 is 56.2 Å². The number of rotatable bonds is 4. The van der Waals surface area contributed by atoms with E-state index in [9.17, 15) is 8.42 Å². The summed E-state index contributed by atoms with van der Waals surface area (Å²) in [5, 5.41) is 0.527. The van der Waals surface area contributed by atoms with Gasteiger partial charge in [0.25, 0.3) is 10.0 Å². The molecule has 0 amide bonds. The molecule has 0 radical (unpaired) electrons. The molecule has 0 aliphatic rings. The Labute approximate surface area is 137 Å². The second-order valence-electron chi connectivity index (χ2n) is 4.02. The van der Waals surface area contributed by atoms with Gasteiger partial charge in [-0.1, -0.05) is 34.8 Å². The monoisotopic (exact) mass is 365 g/mol. The second kappa shape index (κ2) is 6.29. The summed E-state index contributed by atoms with van der Waals surface area (Å²) in [6.07, 6.45) is 0. The number of halogens is 3. The number of nitrogen functional groups attached to an aromatic ring is 1. The number of sulfonamides is 1. The maximum absolute atomic E-state index is 12.3. The Morgan fingerprint density at radius 3 is 1.95 bits per heavy atom. The van der Waals surface area contributed by atoms with E-state index in [1.54, 1.807) is 0 Å². The van der Waals surface area contributed by atoms with Crippen LogP contribution in [-0.4, -0.2) is 8.42 Å². The average molecular weight is 367 g/mol. The zero-order valence-corrected chi connectivity index (χ0v) is 13.5. The summed E-state index contributed by atoms with van der Waals surface area (Å²) >= 11 is 17.7. The topological polar surface area (TPSA) is 84.2 Å². The van der Waals surface area contributed by atoms with Crippen LogP contribution in [0.4, 0.5) is 11.4 Å². The number of hydrazine groups is 1. The van der Waals surface area contributed by atoms with Crippen molar-refractivity contribution in [1.82, 2.24) is 0 Å². The highest BCUT2D eigenvalue weighted by Gasteiger charge is 2.18. The van der Waals surface area contributed by atoms with Crippen molar-refractivity contribution in [2.24, 2.45) is 5.84 Å². The van der Waals surface area contributed by atoms with Crippen molar-refractivity contribution in [3.63, 3.8) is 0 Å². The van der Waals surface area contributed by atoms with Crippen molar-refractivity contribution in [2.45, 2.75) is 4.90 Å². The first-order valence-electron chi connectivity index (χ1n) is 5.57. The lowest BCUT2D eigenvalue weighted by Crippen LogP contribution is -2.14. The molecule has 4 N–H and O–H groups in total. The lowest BCUT2D eigenvalue weighted by molar-refractivity contribution is 0.601. The molecule has 5 nitrogen and oxygen atoms in total. The van der Waals surface area contributed by atoms with Gasteiger partial charge in [-0.25, -0.2) is 8.42 Å². The molecule has 0 unspecified atom stereocenters. The fourth-order valence-corrected chi connectivity index (χ4v) is 3.69. The molecule has 21 heavy (non-hydrogen) atoms. The molecule has 0 aromatic heterocycles. The Balaban J connectivity index is 2.37. The summed E-state index contributed by atoms with van der Waals surface area (Å²) in [5.74, 6) is 5.22. The van der Waals surface area contributed by atoms with Crippen LogP contribution in [0.3, 0.4) is 0 Å². The van der Waals surface area contributed by atoms with E-state index in [0.29, 0.717) is 10.7 Å². The van der Waals surface area contributed by atoms with Crippen LogP contribution in [0.2, 0.25) is 15.1 Å². The van der Waals surface area contributed by atoms with Gasteiger partial charge in [-0.05, 0) is 36.4 Å². The van der Waals surface area contributed by atoms with Gasteiger partial charge in [0.15, 0.2) is 0 Å². The first-order valence-corrected chi connectivity index (χ1v) is 8.19. The molecule has 2 aromatic rings. The highest BCUT2D eigenvalue weighted by atomic mass is 35.5. The lowest BCUT2D eigenvalue weighted by atomic mass is 10.3. The first kappa shape index (κ1) is 16.2. The van der Waals surface area contributed by atoms with Crippen LogP contribution < -0.4 is 16.0 Å². The van der Waals surface area contributed by atoms with Crippen LogP contribution in [-0.2, 0) is 10.0 Å². The Hall–Kier alpha value is -1.18. The van der Waals surface area contributed by atoms with Crippen LogP contribution in [0, 0.1) is 0 Å². The number of nitrogens with one attached hydrogen (secondary N) is 2. The second-order valence-corrected chi connectivity index (χ2v) is 6.95. The number of hydrogen-bond acceptors (Lipinski definition) is 4. The van der Waals surface area contributed by atoms with Gasteiger partial charge in [-0.3, -0.25) is 10.6 Å². The first-order chi connectivity index (χ1) is 9.83. The number of anilines is 2. The number of benzene rings is 2. The smallest absolute Gasteiger partial charge is 0.261 e. The molecule has 0 saturated heterocycles. The predicted octanol–water partition coefficient (Wildman–Crippen LogP) is 3.73. The maximum Gasteiger partial charge on any atom is 0.261 e. The standard InChI is InChI=1S/C12H10Cl3N3O2S/c13-7-5-10(14)12(11(15)6-7)18-21(19,20)9-3-1-8(17-16)2-4-9/h1-6,17-18H,16H2. The highest BCUT2D eigenvalue weighted by Crippen LogP contribution is 2.35. The van der Waals surface area contributed by atoms with Gasteiger partial charge in [-0.15, -0.1) is 0 Å². The fraction of sp³-hybridized carbons (Fsp3) is 0. The van der Waals surface area contributed by atoms with Gasteiger partial charge < -0.3 is 5.43 Å². The normalized spacial score (nSPS) is 11.2. The summed E-state index contributed by atoms with van der Waals surface area (Å²) < 4.78 is 26.9. The Morgan fingerprint density at radius 2 is 1.48 bits per heavy atom. The molecule has 0 saturated carbocycles. The van der Waals surface area contributed by atoms with Crippen molar-refractivity contribution < 1.29 is 8.42 Å². The minimum absolute atomic E-state index is 0.0450. The molecular formula is C12H10Cl3N3O2S. The summed E-state index contributed by atoms with van der Waals surface area (Å²) in [5.41, 5.74) is 3.06. The molecule has 0 bridgehead atoms. The zero-order chi connectivity index (χ0) is 15.6. The molecule has 2 rings (SSSR count). The molecule has 0 heterocycles. The van der Waals surface area contributed by atoms with E-state index in [1.807, 2.05) is 0 Å². The van der Waals surface area contributed by atoms with Crippen LogP contribution in [0.25, 0.3) is 0 Å². The van der Waals surface area contributed by atoms with Gasteiger partial charge in [0.05, 0.1) is 20.6 Å². The van der Waals surface area contributed by atoms with Gasteiger partial charge in [0, 0.05) is 10.7 Å². The molecule has 112 valence electrons. The molecule has 0 fully saturated rings. The molecule has 0 spiro atoms. The van der Waals surface area contributed by atoms with Gasteiger partial charge in [-0.2, -0.15) is 0 Å². The maximum atomic E-state index is 12.3. The zero-order valence-electron chi connectivity index (χ0n) is 10.4. The average Bonchev–Trinajstić information content (AvgIpc) is 2.43. The van der Waals surface area contributed by atoms with Gasteiger partial charge in [0.1, 0.15) is 0 Å². The van der Waals surface area contributed by atoms with E-state index < -0.39 is 10.0 Å². The fourth-order valence-electron chi connectivity index (χ4n) is 1.56. The van der Waals surface area contributed by atoms with Crippen molar-refractivity contribution in [3.05, 3.63) is 51.5 Å². The third-order valence-electron chi connectivity index (χ3n) is 2.57.